The van der Waals surface area contributed by atoms with E-state index in [0.29, 0.717) is 25.7 Å². The van der Waals surface area contributed by atoms with E-state index in [9.17, 15) is 24.4 Å². The molecule has 3 amide bonds. The van der Waals surface area contributed by atoms with Crippen LogP contribution in [0.1, 0.15) is 64.2 Å². The van der Waals surface area contributed by atoms with Crippen molar-refractivity contribution in [3.63, 3.8) is 0 Å². The van der Waals surface area contributed by atoms with Crippen molar-refractivity contribution in [1.29, 1.82) is 0 Å². The molecule has 0 heterocycles. The highest BCUT2D eigenvalue weighted by Gasteiger charge is 2.37. The number of nitrogens with one attached hydrogen (secondary N) is 4. The van der Waals surface area contributed by atoms with Gasteiger partial charge >= 0.3 is 0 Å². The van der Waals surface area contributed by atoms with Crippen LogP contribution in [0.4, 0.5) is 0 Å². The molecule has 1 rings (SSSR count). The average molecular weight is 580 g/mol. The number of aliphatic hydroxyl groups excluding tert-OH is 1. The summed E-state index contributed by atoms with van der Waals surface area (Å²) in [5, 5.41) is 22.4. The Morgan fingerprint density at radius 1 is 0.923 bits per heavy atom. The van der Waals surface area contributed by atoms with Gasteiger partial charge < -0.3 is 30.5 Å². The summed E-state index contributed by atoms with van der Waals surface area (Å²) >= 11 is 4.89. The predicted molar refractivity (Wildman–Crippen MR) is 152 cm³/mol. The summed E-state index contributed by atoms with van der Waals surface area (Å²) < 4.78 is 5.49. The van der Waals surface area contributed by atoms with Gasteiger partial charge in [-0.05, 0) is 64.0 Å². The molecule has 1 aliphatic carbocycles. The molecular formula is C27H40N4O6PS-. The van der Waals surface area contributed by atoms with E-state index in [1.807, 2.05) is 0 Å². The van der Waals surface area contributed by atoms with Crippen LogP contribution in [0.3, 0.4) is 0 Å². The quantitative estimate of drug-likeness (QED) is 0.0925. The topological polar surface area (TPSA) is 152 Å². The van der Waals surface area contributed by atoms with Crippen LogP contribution < -0.4 is 26.2 Å². The second kappa shape index (κ2) is 18.0. The lowest BCUT2D eigenvalue weighted by molar-refractivity contribution is -0.185. The number of carbonyl (C=O) groups excluding carboxylic acids is 3. The van der Waals surface area contributed by atoms with E-state index in [2.05, 4.69) is 39.0 Å². The molecule has 0 aromatic carbocycles. The first-order valence-electron chi connectivity index (χ1n) is 13.0. The zero-order chi connectivity index (χ0) is 29.3. The Hall–Kier alpha value is -2.42. The van der Waals surface area contributed by atoms with E-state index in [-0.39, 0.29) is 87.9 Å². The lowest BCUT2D eigenvalue weighted by atomic mass is 9.80. The van der Waals surface area contributed by atoms with Crippen molar-refractivity contribution in [2.75, 3.05) is 26.3 Å². The Morgan fingerprint density at radius 2 is 1.31 bits per heavy atom. The SMILES string of the molecule is C#CCNC(=O)CCC(CCC(=O)NCC#C)(CCC(=O)NCC#C)NC(O)C1CCC(OP(C)([O-])=S)CC1. The van der Waals surface area contributed by atoms with Crippen molar-refractivity contribution < 1.29 is 28.9 Å². The second-order valence-electron chi connectivity index (χ2n) is 9.73. The Balaban J connectivity index is 3.08. The van der Waals surface area contributed by atoms with Crippen LogP contribution in [0.5, 0.6) is 0 Å². The van der Waals surface area contributed by atoms with Gasteiger partial charge in [0.05, 0.1) is 25.7 Å². The Morgan fingerprint density at radius 3 is 1.64 bits per heavy atom. The van der Waals surface area contributed by atoms with Gasteiger partial charge in [0, 0.05) is 24.8 Å². The molecule has 0 aromatic rings. The Bertz CT molecular complexity index is 904. The first-order valence-corrected chi connectivity index (χ1v) is 16.1. The van der Waals surface area contributed by atoms with Crippen molar-refractivity contribution in [1.82, 2.24) is 21.3 Å². The number of hydrogen-bond acceptors (Lipinski definition) is 8. The number of amides is 3. The fourth-order valence-electron chi connectivity index (χ4n) is 4.58. The van der Waals surface area contributed by atoms with Crippen LogP contribution in [-0.2, 0) is 30.7 Å². The number of aliphatic hydroxyl groups is 1. The van der Waals surface area contributed by atoms with Crippen LogP contribution in [-0.4, -0.2) is 67.0 Å². The maximum absolute atomic E-state index is 12.4. The highest BCUT2D eigenvalue weighted by Crippen LogP contribution is 2.40. The molecule has 2 atom stereocenters. The molecule has 2 unspecified atom stereocenters. The number of rotatable bonds is 17. The number of carbonyl (C=O) groups is 3. The van der Waals surface area contributed by atoms with Gasteiger partial charge in [-0.25, -0.2) is 0 Å². The van der Waals surface area contributed by atoms with Crippen molar-refractivity contribution in [3.8, 4) is 37.0 Å². The molecule has 0 spiro atoms. The lowest BCUT2D eigenvalue weighted by Crippen LogP contribution is -2.54. The third-order valence-corrected chi connectivity index (χ3v) is 7.55. The fourth-order valence-corrected chi connectivity index (χ4v) is 5.69. The van der Waals surface area contributed by atoms with E-state index in [1.165, 1.54) is 6.66 Å². The Labute approximate surface area is 237 Å². The van der Waals surface area contributed by atoms with Gasteiger partial charge in [-0.3, -0.25) is 19.7 Å². The minimum atomic E-state index is -3.04. The highest BCUT2D eigenvalue weighted by atomic mass is 32.5. The maximum atomic E-state index is 12.4. The largest absolute Gasteiger partial charge is 0.801 e. The van der Waals surface area contributed by atoms with E-state index >= 15 is 0 Å². The van der Waals surface area contributed by atoms with E-state index in [1.54, 1.807) is 0 Å². The summed E-state index contributed by atoms with van der Waals surface area (Å²) in [5.41, 5.74) is -0.943. The van der Waals surface area contributed by atoms with Crippen LogP contribution in [0.2, 0.25) is 0 Å². The lowest BCUT2D eigenvalue weighted by Gasteiger charge is -2.41. The van der Waals surface area contributed by atoms with Crippen LogP contribution in [0.15, 0.2) is 0 Å². The molecule has 0 aromatic heterocycles. The van der Waals surface area contributed by atoms with Crippen molar-refractivity contribution in [2.45, 2.75) is 82.1 Å². The third-order valence-electron chi connectivity index (χ3n) is 6.61. The average Bonchev–Trinajstić information content (AvgIpc) is 2.89. The molecule has 1 aliphatic rings. The van der Waals surface area contributed by atoms with E-state index in [0.717, 1.165) is 0 Å². The summed E-state index contributed by atoms with van der Waals surface area (Å²) in [6, 6.07) is 0. The zero-order valence-corrected chi connectivity index (χ0v) is 24.2. The summed E-state index contributed by atoms with van der Waals surface area (Å²) in [7, 11) is 0. The molecule has 1 saturated carbocycles. The Kier molecular flexibility index (Phi) is 16.0. The molecule has 0 saturated heterocycles. The molecular weight excluding hydrogens is 539 g/mol. The van der Waals surface area contributed by atoms with Gasteiger partial charge in [0.1, 0.15) is 6.23 Å². The summed E-state index contributed by atoms with van der Waals surface area (Å²) in [5.74, 6) is 6.03. The molecule has 10 nitrogen and oxygen atoms in total. The van der Waals surface area contributed by atoms with Crippen LogP contribution in [0.25, 0.3) is 0 Å². The van der Waals surface area contributed by atoms with Crippen LogP contribution in [0, 0.1) is 42.9 Å². The molecule has 39 heavy (non-hydrogen) atoms. The van der Waals surface area contributed by atoms with Crippen molar-refractivity contribution in [3.05, 3.63) is 0 Å². The highest BCUT2D eigenvalue weighted by molar-refractivity contribution is 8.08. The summed E-state index contributed by atoms with van der Waals surface area (Å²) in [4.78, 5) is 49.1. The van der Waals surface area contributed by atoms with Crippen molar-refractivity contribution in [2.24, 2.45) is 5.92 Å². The molecule has 0 radical (unpaired) electrons. The van der Waals surface area contributed by atoms with Gasteiger partial charge in [-0.15, -0.1) is 19.3 Å². The number of terminal acetylenes is 3. The monoisotopic (exact) mass is 579 g/mol. The minimum absolute atomic E-state index is 0.0601. The van der Waals surface area contributed by atoms with Crippen LogP contribution >= 0.6 is 6.49 Å². The normalized spacial score (nSPS) is 19.3. The van der Waals surface area contributed by atoms with Gasteiger partial charge in [0.25, 0.3) is 0 Å². The summed E-state index contributed by atoms with van der Waals surface area (Å²) in [6.45, 7) is -1.41. The molecule has 0 bridgehead atoms. The van der Waals surface area contributed by atoms with Crippen molar-refractivity contribution >= 4 is 36.0 Å². The van der Waals surface area contributed by atoms with E-state index < -0.39 is 18.3 Å². The molecule has 0 aliphatic heterocycles. The first kappa shape index (κ1) is 34.6. The molecule has 1 fully saturated rings. The van der Waals surface area contributed by atoms with Gasteiger partial charge in [-0.1, -0.05) is 29.6 Å². The summed E-state index contributed by atoms with van der Waals surface area (Å²) in [6.07, 6.45) is 17.7. The fraction of sp³-hybridized carbons (Fsp3) is 0.667. The molecule has 216 valence electrons. The first-order chi connectivity index (χ1) is 18.4. The smallest absolute Gasteiger partial charge is 0.220 e. The third kappa shape index (κ3) is 15.1. The van der Waals surface area contributed by atoms with Gasteiger partial charge in [0.2, 0.25) is 17.7 Å². The minimum Gasteiger partial charge on any atom is -0.801 e. The number of hydrogen-bond donors (Lipinski definition) is 5. The molecule has 5 N–H and O–H groups in total. The standard InChI is InChI=1S/C27H41N4O6PS/c1-5-18-28-23(32)12-15-27(16-13-24(33)29-19-6-2,17-14-25(34)30-20-7-3)31-26(35)21-8-10-22(11-9-21)37-38(4,36)39/h1-3,21-22,26,31,35H,8-20H2,4H3,(H,28,32)(H,29,33)(H,30,34)(H,36,39)/p-1. The second-order valence-corrected chi connectivity index (χ2v) is 13.5. The molecule has 12 heteroatoms. The maximum Gasteiger partial charge on any atom is 0.220 e. The predicted octanol–water partition coefficient (Wildman–Crippen LogP) is 0.0970. The van der Waals surface area contributed by atoms with E-state index in [4.69, 9.17) is 35.6 Å². The zero-order valence-electron chi connectivity index (χ0n) is 22.5. The van der Waals surface area contributed by atoms with Gasteiger partial charge in [-0.2, -0.15) is 0 Å². The van der Waals surface area contributed by atoms with Gasteiger partial charge in [0.15, 0.2) is 0 Å².